The molecule has 0 saturated carbocycles. The Labute approximate surface area is 175 Å². The summed E-state index contributed by atoms with van der Waals surface area (Å²) in [4.78, 5) is 31.8. The number of rotatable bonds is 2. The quantitative estimate of drug-likeness (QED) is 0.609. The average Bonchev–Trinajstić information content (AvgIpc) is 2.96. The van der Waals surface area contributed by atoms with Crippen LogP contribution in [-0.4, -0.2) is 20.4 Å². The van der Waals surface area contributed by atoms with Crippen LogP contribution in [0.5, 0.6) is 5.88 Å². The predicted octanol–water partition coefficient (Wildman–Crippen LogP) is 4.26. The molecule has 0 bridgehead atoms. The van der Waals surface area contributed by atoms with Crippen molar-refractivity contribution in [2.45, 2.75) is 20.8 Å². The lowest BCUT2D eigenvalue weighted by Gasteiger charge is -2.12. The van der Waals surface area contributed by atoms with Gasteiger partial charge in [-0.3, -0.25) is 14.8 Å². The van der Waals surface area contributed by atoms with Crippen LogP contribution in [0.1, 0.15) is 29.2 Å². The Morgan fingerprint density at radius 1 is 1.07 bits per heavy atom. The van der Waals surface area contributed by atoms with Crippen LogP contribution in [0.25, 0.3) is 17.3 Å². The molecule has 1 aliphatic rings. The van der Waals surface area contributed by atoms with Gasteiger partial charge in [0.05, 0.1) is 11.4 Å². The van der Waals surface area contributed by atoms with Gasteiger partial charge in [-0.15, -0.1) is 0 Å². The number of aromatic hydroxyl groups is 1. The number of H-pyrrole nitrogens is 1. The lowest BCUT2D eigenvalue weighted by atomic mass is 10.0. The number of benzene rings is 2. The van der Waals surface area contributed by atoms with E-state index in [0.717, 1.165) is 37.1 Å². The normalized spacial score (nSPS) is 14.2. The molecule has 0 aliphatic carbocycles. The molecule has 3 aromatic rings. The highest BCUT2D eigenvalue weighted by molar-refractivity contribution is 9.10. The van der Waals surface area contributed by atoms with E-state index in [-0.39, 0.29) is 5.56 Å². The molecule has 1 aromatic heterocycles. The molecular weight excluding hydrogens is 434 g/mol. The summed E-state index contributed by atoms with van der Waals surface area (Å²) in [6.07, 6.45) is 1.57. The summed E-state index contributed by atoms with van der Waals surface area (Å²) < 4.78 is 1.98. The summed E-state index contributed by atoms with van der Waals surface area (Å²) in [5.41, 5.74) is 4.23. The van der Waals surface area contributed by atoms with E-state index in [2.05, 4.69) is 25.9 Å². The van der Waals surface area contributed by atoms with Crippen molar-refractivity contribution in [1.82, 2.24) is 9.55 Å². The number of hydrogen-bond acceptors (Lipinski definition) is 4. The molecule has 0 saturated heterocycles. The van der Waals surface area contributed by atoms with Gasteiger partial charge in [0.2, 0.25) is 5.88 Å². The number of aryl methyl sites for hydroxylation is 2. The highest BCUT2D eigenvalue weighted by Gasteiger charge is 2.21. The second-order valence-electron chi connectivity index (χ2n) is 7.02. The molecule has 7 heteroatoms. The van der Waals surface area contributed by atoms with Crippen molar-refractivity contribution in [2.24, 2.45) is 4.99 Å². The maximum atomic E-state index is 12.5. The van der Waals surface area contributed by atoms with Crippen molar-refractivity contribution >= 4 is 39.0 Å². The SMILES string of the molecule is CC1=Nc2ccc(Br)cc2/C1=C/c1c(O)n(-c2ccc(C)c(C)c2)c(=O)[nH]c1=O. The van der Waals surface area contributed by atoms with Crippen LogP contribution < -0.4 is 11.2 Å². The third kappa shape index (κ3) is 3.27. The summed E-state index contributed by atoms with van der Waals surface area (Å²) in [6, 6.07) is 11.1. The first-order valence-corrected chi connectivity index (χ1v) is 9.79. The van der Waals surface area contributed by atoms with E-state index in [9.17, 15) is 14.7 Å². The molecule has 0 unspecified atom stereocenters. The van der Waals surface area contributed by atoms with Gasteiger partial charge < -0.3 is 5.11 Å². The molecule has 0 fully saturated rings. The Morgan fingerprint density at radius 3 is 2.55 bits per heavy atom. The fourth-order valence-corrected chi connectivity index (χ4v) is 3.72. The molecule has 6 nitrogen and oxygen atoms in total. The predicted molar refractivity (Wildman–Crippen MR) is 119 cm³/mol. The highest BCUT2D eigenvalue weighted by Crippen LogP contribution is 2.38. The second-order valence-corrected chi connectivity index (χ2v) is 7.93. The summed E-state index contributed by atoms with van der Waals surface area (Å²) in [5.74, 6) is -0.411. The van der Waals surface area contributed by atoms with Gasteiger partial charge in [0.15, 0.2) is 0 Å². The number of allylic oxidation sites excluding steroid dienone is 1. The number of fused-ring (bicyclic) bond motifs is 1. The topological polar surface area (TPSA) is 87.4 Å². The number of aliphatic imine (C=N–C) groups is 1. The summed E-state index contributed by atoms with van der Waals surface area (Å²) in [5, 5.41) is 10.9. The van der Waals surface area contributed by atoms with E-state index in [1.165, 1.54) is 0 Å². The van der Waals surface area contributed by atoms with Crippen LogP contribution in [0.2, 0.25) is 0 Å². The first kappa shape index (κ1) is 19.1. The van der Waals surface area contributed by atoms with Crippen molar-refractivity contribution in [2.75, 3.05) is 0 Å². The lowest BCUT2D eigenvalue weighted by Crippen LogP contribution is -2.30. The minimum Gasteiger partial charge on any atom is -0.494 e. The number of nitrogens with one attached hydrogen (secondary N) is 1. The Hall–Kier alpha value is -3.19. The first-order chi connectivity index (χ1) is 13.8. The monoisotopic (exact) mass is 451 g/mol. The smallest absolute Gasteiger partial charge is 0.335 e. The molecule has 2 N–H and O–H groups in total. The maximum Gasteiger partial charge on any atom is 0.335 e. The molecule has 146 valence electrons. The summed E-state index contributed by atoms with van der Waals surface area (Å²) >= 11 is 3.45. The number of halogens is 1. The average molecular weight is 452 g/mol. The minimum atomic E-state index is -0.696. The lowest BCUT2D eigenvalue weighted by molar-refractivity contribution is 0.429. The van der Waals surface area contributed by atoms with Gasteiger partial charge in [0.25, 0.3) is 5.56 Å². The van der Waals surface area contributed by atoms with Crippen LogP contribution in [0.3, 0.4) is 0 Å². The molecule has 0 radical (unpaired) electrons. The zero-order valence-corrected chi connectivity index (χ0v) is 17.7. The maximum absolute atomic E-state index is 12.5. The van der Waals surface area contributed by atoms with E-state index in [1.807, 2.05) is 45.0 Å². The van der Waals surface area contributed by atoms with Crippen LogP contribution in [0.15, 0.2) is 55.5 Å². The van der Waals surface area contributed by atoms with E-state index in [4.69, 9.17) is 0 Å². The summed E-state index contributed by atoms with van der Waals surface area (Å²) in [7, 11) is 0. The van der Waals surface area contributed by atoms with Gasteiger partial charge in [0, 0.05) is 21.3 Å². The molecule has 0 atom stereocenters. The van der Waals surface area contributed by atoms with E-state index >= 15 is 0 Å². The standard InChI is InChI=1S/C22H18BrN3O3/c1-11-4-6-15(8-12(11)2)26-21(28)18(20(27)25-22(26)29)10-16-13(3)24-19-7-5-14(23)9-17(16)19/h4-10,28H,1-3H3,(H,25,27,29)/b16-10+. The van der Waals surface area contributed by atoms with Crippen molar-refractivity contribution in [3.63, 3.8) is 0 Å². The van der Waals surface area contributed by atoms with Gasteiger partial charge in [-0.2, -0.15) is 0 Å². The van der Waals surface area contributed by atoms with Crippen LogP contribution in [-0.2, 0) is 0 Å². The molecule has 1 aliphatic heterocycles. The van der Waals surface area contributed by atoms with Crippen molar-refractivity contribution in [3.05, 3.63) is 84.0 Å². The minimum absolute atomic E-state index is 0.000188. The fourth-order valence-electron chi connectivity index (χ4n) is 3.36. The van der Waals surface area contributed by atoms with Crippen molar-refractivity contribution in [1.29, 1.82) is 0 Å². The van der Waals surface area contributed by atoms with E-state index < -0.39 is 17.1 Å². The van der Waals surface area contributed by atoms with Crippen molar-refractivity contribution < 1.29 is 5.11 Å². The number of nitrogens with zero attached hydrogens (tertiary/aromatic N) is 2. The largest absolute Gasteiger partial charge is 0.494 e. The fraction of sp³-hybridized carbons (Fsp3) is 0.136. The third-order valence-corrected chi connectivity index (χ3v) is 5.58. The number of hydrogen-bond donors (Lipinski definition) is 2. The van der Waals surface area contributed by atoms with Gasteiger partial charge in [0.1, 0.15) is 5.56 Å². The van der Waals surface area contributed by atoms with Gasteiger partial charge >= 0.3 is 5.69 Å². The van der Waals surface area contributed by atoms with Gasteiger partial charge in [-0.05, 0) is 68.3 Å². The van der Waals surface area contributed by atoms with Gasteiger partial charge in [-0.1, -0.05) is 22.0 Å². The Balaban J connectivity index is 1.95. The first-order valence-electron chi connectivity index (χ1n) is 8.99. The van der Waals surface area contributed by atoms with E-state index in [0.29, 0.717) is 11.3 Å². The van der Waals surface area contributed by atoms with Crippen molar-refractivity contribution in [3.8, 4) is 11.6 Å². The van der Waals surface area contributed by atoms with Crippen LogP contribution >= 0.6 is 15.9 Å². The van der Waals surface area contributed by atoms with E-state index in [1.54, 1.807) is 18.2 Å². The van der Waals surface area contributed by atoms with Gasteiger partial charge in [-0.25, -0.2) is 9.36 Å². The summed E-state index contributed by atoms with van der Waals surface area (Å²) in [6.45, 7) is 5.72. The zero-order valence-electron chi connectivity index (χ0n) is 16.1. The molecule has 0 spiro atoms. The molecule has 0 amide bonds. The molecular formula is C22H18BrN3O3. The third-order valence-electron chi connectivity index (χ3n) is 5.08. The molecule has 29 heavy (non-hydrogen) atoms. The van der Waals surface area contributed by atoms with Crippen LogP contribution in [0.4, 0.5) is 5.69 Å². The number of aromatic nitrogens is 2. The Bertz CT molecular complexity index is 1350. The number of aromatic amines is 1. The van der Waals surface area contributed by atoms with Crippen LogP contribution in [0, 0.1) is 13.8 Å². The molecule has 2 aromatic carbocycles. The zero-order chi connectivity index (χ0) is 20.9. The Kier molecular flexibility index (Phi) is 4.62. The second kappa shape index (κ2) is 7.00. The highest BCUT2D eigenvalue weighted by atomic mass is 79.9. The Morgan fingerprint density at radius 2 is 1.83 bits per heavy atom. The molecule has 2 heterocycles. The molecule has 4 rings (SSSR count).